The van der Waals surface area contributed by atoms with Crippen molar-refractivity contribution in [3.63, 3.8) is 0 Å². The van der Waals surface area contributed by atoms with Gasteiger partial charge in [0, 0.05) is 39.3 Å². The van der Waals surface area contributed by atoms with E-state index in [9.17, 15) is 9.59 Å². The highest BCUT2D eigenvalue weighted by Gasteiger charge is 2.25. The molecule has 0 saturated carbocycles. The number of aryl methyl sites for hydroxylation is 2. The predicted octanol–water partition coefficient (Wildman–Crippen LogP) is 4.97. The molecule has 2 heterocycles. The zero-order chi connectivity index (χ0) is 30.0. The van der Waals surface area contributed by atoms with Crippen molar-refractivity contribution in [1.29, 1.82) is 0 Å². The third kappa shape index (κ3) is 8.08. The Balaban J connectivity index is 1.44. The van der Waals surface area contributed by atoms with Crippen LogP contribution in [-0.2, 0) is 29.1 Å². The lowest BCUT2D eigenvalue weighted by molar-refractivity contribution is -0.131. The summed E-state index contributed by atoms with van der Waals surface area (Å²) in [7, 11) is 0. The van der Waals surface area contributed by atoms with Crippen LogP contribution in [0.15, 0.2) is 83.5 Å². The first-order chi connectivity index (χ1) is 21.0. The minimum absolute atomic E-state index is 0.0526. The van der Waals surface area contributed by atoms with Crippen molar-refractivity contribution in [1.82, 2.24) is 20.1 Å². The number of hydrogen-bond donors (Lipinski definition) is 0. The molecular formula is C34H39N5O4. The number of carbonyl (C=O) groups excluding carboxylic acids is 2. The van der Waals surface area contributed by atoms with E-state index in [0.29, 0.717) is 36.8 Å². The van der Waals surface area contributed by atoms with E-state index in [0.717, 1.165) is 49.3 Å². The highest BCUT2D eigenvalue weighted by Crippen LogP contribution is 2.28. The van der Waals surface area contributed by atoms with Crippen LogP contribution in [-0.4, -0.2) is 64.7 Å². The number of amides is 2. The molecule has 224 valence electrons. The minimum atomic E-state index is -0.117. The molecule has 1 aliphatic heterocycles. The molecule has 0 fully saturated rings. The van der Waals surface area contributed by atoms with E-state index in [2.05, 4.69) is 39.5 Å². The Morgan fingerprint density at radius 3 is 2.26 bits per heavy atom. The molecule has 43 heavy (non-hydrogen) atoms. The van der Waals surface area contributed by atoms with Gasteiger partial charge in [0.15, 0.2) is 6.61 Å². The van der Waals surface area contributed by atoms with Crippen LogP contribution in [0.3, 0.4) is 0 Å². The van der Waals surface area contributed by atoms with Gasteiger partial charge < -0.3 is 14.5 Å². The molecule has 1 aliphatic rings. The monoisotopic (exact) mass is 581 g/mol. The molecule has 5 rings (SSSR count). The zero-order valence-corrected chi connectivity index (χ0v) is 24.9. The molecule has 2 amide bonds. The summed E-state index contributed by atoms with van der Waals surface area (Å²) in [5, 5.41) is 7.79. The van der Waals surface area contributed by atoms with Crippen molar-refractivity contribution in [2.75, 3.05) is 37.7 Å². The normalized spacial score (nSPS) is 14.8. The maximum absolute atomic E-state index is 13.8. The summed E-state index contributed by atoms with van der Waals surface area (Å²) in [4.78, 5) is 33.6. The zero-order valence-electron chi connectivity index (χ0n) is 24.9. The number of rotatable bonds is 7. The minimum Gasteiger partial charge on any atom is -0.484 e. The van der Waals surface area contributed by atoms with Gasteiger partial charge in [-0.1, -0.05) is 77.0 Å². The molecule has 0 aliphatic carbocycles. The topological polar surface area (TPSA) is 92.0 Å². The van der Waals surface area contributed by atoms with E-state index in [1.54, 1.807) is 6.92 Å². The summed E-state index contributed by atoms with van der Waals surface area (Å²) in [6.07, 6.45) is 1.74. The Morgan fingerprint density at radius 1 is 0.814 bits per heavy atom. The molecule has 3 aromatic carbocycles. The van der Waals surface area contributed by atoms with E-state index < -0.39 is 0 Å². The number of anilines is 1. The van der Waals surface area contributed by atoms with Crippen LogP contribution in [0.1, 0.15) is 40.9 Å². The van der Waals surface area contributed by atoms with Gasteiger partial charge in [0.2, 0.25) is 5.91 Å². The maximum Gasteiger partial charge on any atom is 0.264 e. The Kier molecular flexibility index (Phi) is 10.2. The smallest absolute Gasteiger partial charge is 0.264 e. The van der Waals surface area contributed by atoms with Gasteiger partial charge in [0.05, 0.1) is 12.1 Å². The van der Waals surface area contributed by atoms with Crippen molar-refractivity contribution in [2.45, 2.75) is 46.2 Å². The van der Waals surface area contributed by atoms with Crippen molar-refractivity contribution in [3.05, 3.63) is 107 Å². The maximum atomic E-state index is 13.8. The van der Waals surface area contributed by atoms with Crippen molar-refractivity contribution in [3.8, 4) is 5.75 Å². The van der Waals surface area contributed by atoms with Crippen LogP contribution in [0.2, 0.25) is 0 Å². The number of para-hydroxylation sites is 2. The molecule has 0 N–H and O–H groups in total. The molecule has 9 heteroatoms. The second kappa shape index (κ2) is 14.6. The average Bonchev–Trinajstić information content (AvgIpc) is 3.42. The van der Waals surface area contributed by atoms with Gasteiger partial charge in [0.25, 0.3) is 5.91 Å². The van der Waals surface area contributed by atoms with Crippen LogP contribution in [0.4, 0.5) is 5.69 Å². The second-order valence-corrected chi connectivity index (χ2v) is 11.0. The molecule has 0 saturated heterocycles. The van der Waals surface area contributed by atoms with Gasteiger partial charge in [-0.2, -0.15) is 0 Å². The first kappa shape index (κ1) is 30.0. The van der Waals surface area contributed by atoms with E-state index in [1.165, 1.54) is 5.56 Å². The van der Waals surface area contributed by atoms with Gasteiger partial charge in [-0.25, -0.2) is 4.63 Å². The number of carbonyl (C=O) groups is 2. The highest BCUT2D eigenvalue weighted by molar-refractivity contribution is 5.96. The number of nitrogens with zero attached hydrogens (tertiary/aromatic N) is 5. The number of hydrogen-bond acceptors (Lipinski definition) is 7. The van der Waals surface area contributed by atoms with Crippen molar-refractivity contribution < 1.29 is 19.0 Å². The molecule has 1 aromatic heterocycles. The van der Waals surface area contributed by atoms with Gasteiger partial charge in [-0.3, -0.25) is 14.5 Å². The van der Waals surface area contributed by atoms with Crippen LogP contribution in [0.25, 0.3) is 0 Å². The third-order valence-electron chi connectivity index (χ3n) is 7.78. The third-order valence-corrected chi connectivity index (χ3v) is 7.78. The predicted molar refractivity (Wildman–Crippen MR) is 165 cm³/mol. The van der Waals surface area contributed by atoms with Gasteiger partial charge in [-0.05, 0) is 55.5 Å². The molecule has 9 nitrogen and oxygen atoms in total. The summed E-state index contributed by atoms with van der Waals surface area (Å²) < 4.78 is 10.7. The van der Waals surface area contributed by atoms with Gasteiger partial charge >= 0.3 is 0 Å². The lowest BCUT2D eigenvalue weighted by atomic mass is 10.0. The summed E-state index contributed by atoms with van der Waals surface area (Å²) in [6, 6.07) is 25.8. The van der Waals surface area contributed by atoms with E-state index in [4.69, 9.17) is 9.37 Å². The summed E-state index contributed by atoms with van der Waals surface area (Å²) in [6.45, 7) is 7.67. The van der Waals surface area contributed by atoms with E-state index >= 15 is 0 Å². The molecule has 0 spiro atoms. The molecule has 4 aromatic rings. The molecule has 0 radical (unpaired) electrons. The van der Waals surface area contributed by atoms with E-state index in [1.807, 2.05) is 71.3 Å². The SMILES string of the molecule is Cc1cccc2c1N(C(=O)COc1ccccc1)CCCN(Cc1ccccc1)CCCN(C(=O)Cc1nonc1C)C2. The largest absolute Gasteiger partial charge is 0.484 e. The van der Waals surface area contributed by atoms with Crippen molar-refractivity contribution in [2.24, 2.45) is 0 Å². The molecule has 0 bridgehead atoms. The van der Waals surface area contributed by atoms with Crippen LogP contribution >= 0.6 is 0 Å². The first-order valence-corrected chi connectivity index (χ1v) is 14.9. The van der Waals surface area contributed by atoms with Crippen LogP contribution in [0, 0.1) is 13.8 Å². The number of aromatic nitrogens is 2. The Hall–Kier alpha value is -4.50. The van der Waals surface area contributed by atoms with Crippen LogP contribution < -0.4 is 9.64 Å². The molecule has 0 atom stereocenters. The fourth-order valence-electron chi connectivity index (χ4n) is 5.55. The lowest BCUT2D eigenvalue weighted by Gasteiger charge is -2.32. The van der Waals surface area contributed by atoms with Gasteiger partial charge in [0.1, 0.15) is 17.1 Å². The molecular weight excluding hydrogens is 542 g/mol. The lowest BCUT2D eigenvalue weighted by Crippen LogP contribution is -2.41. The fraction of sp³-hybridized carbons (Fsp3) is 0.353. The average molecular weight is 582 g/mol. The first-order valence-electron chi connectivity index (χ1n) is 14.9. The molecule has 0 unspecified atom stereocenters. The van der Waals surface area contributed by atoms with Gasteiger partial charge in [-0.15, -0.1) is 0 Å². The second-order valence-electron chi connectivity index (χ2n) is 11.0. The fourth-order valence-corrected chi connectivity index (χ4v) is 5.55. The summed E-state index contributed by atoms with van der Waals surface area (Å²) >= 11 is 0. The Bertz CT molecular complexity index is 1490. The van der Waals surface area contributed by atoms with Crippen LogP contribution in [0.5, 0.6) is 5.75 Å². The Labute approximate surface area is 253 Å². The highest BCUT2D eigenvalue weighted by atomic mass is 16.6. The summed E-state index contributed by atoms with van der Waals surface area (Å²) in [5.41, 5.74) is 5.15. The van der Waals surface area contributed by atoms with Crippen molar-refractivity contribution >= 4 is 17.5 Å². The van der Waals surface area contributed by atoms with E-state index in [-0.39, 0.29) is 24.8 Å². The number of ether oxygens (including phenoxy) is 1. The Morgan fingerprint density at radius 2 is 1.53 bits per heavy atom. The quantitative estimate of drug-likeness (QED) is 0.305. The standard InChI is InChI=1S/C34H39N5O4/c1-26-12-9-15-29-24-38(32(40)22-31-27(2)35-43-36-31)20-10-18-37(23-28-13-5-3-6-14-28)19-11-21-39(34(26)29)33(41)25-42-30-16-7-4-8-17-30/h3-9,12-17H,10-11,18-25H2,1-2H3. The summed E-state index contributed by atoms with van der Waals surface area (Å²) in [5.74, 6) is 0.482. The number of benzene rings is 3. The number of fused-ring (bicyclic) bond motifs is 1.